The van der Waals surface area contributed by atoms with E-state index in [1.165, 1.54) is 18.4 Å². The fraction of sp³-hybridized carbons (Fsp3) is 0.162. The second kappa shape index (κ2) is 14.7. The SMILES string of the molecule is CCOc1c(C(=O)OP(N)(=O)Oc2cc(-c3nnc(-c4ccco4)o3)ccc2F)cc(CC)c(Cc2ccccc2)c1Cc1ccccc1. The maximum Gasteiger partial charge on any atom is 0.512 e. The molecule has 0 aliphatic carbocycles. The Morgan fingerprint density at radius 3 is 2.16 bits per heavy atom. The third-order valence-corrected chi connectivity index (χ3v) is 8.57. The lowest BCUT2D eigenvalue weighted by Crippen LogP contribution is -2.16. The molecule has 0 aliphatic heterocycles. The molecule has 6 aromatic rings. The van der Waals surface area contributed by atoms with Gasteiger partial charge in [-0.1, -0.05) is 67.6 Å². The van der Waals surface area contributed by atoms with E-state index in [2.05, 4.69) is 10.2 Å². The summed E-state index contributed by atoms with van der Waals surface area (Å²) in [4.78, 5) is 13.8. The number of carbonyl (C=O) groups is 1. The number of nitrogens with zero attached hydrogens (tertiary/aromatic N) is 2. The van der Waals surface area contributed by atoms with Crippen LogP contribution < -0.4 is 14.8 Å². The molecule has 0 saturated heterocycles. The lowest BCUT2D eigenvalue weighted by molar-refractivity contribution is 0.0715. The van der Waals surface area contributed by atoms with E-state index in [1.807, 2.05) is 67.6 Å². The molecule has 2 heterocycles. The van der Waals surface area contributed by atoms with Crippen LogP contribution in [0.15, 0.2) is 112 Å². The zero-order chi connectivity index (χ0) is 34.4. The van der Waals surface area contributed by atoms with Crippen LogP contribution in [0.25, 0.3) is 23.1 Å². The number of aryl methyl sites for hydroxylation is 1. The number of hydrogen-bond acceptors (Lipinski definition) is 9. The molecule has 1 atom stereocenters. The molecule has 4 aromatic carbocycles. The average Bonchev–Trinajstić information content (AvgIpc) is 3.81. The molecule has 2 N–H and O–H groups in total. The minimum Gasteiger partial charge on any atom is -0.493 e. The first kappa shape index (κ1) is 33.4. The molecule has 0 fully saturated rings. The minimum absolute atomic E-state index is 0.00934. The summed E-state index contributed by atoms with van der Waals surface area (Å²) in [5.74, 6) is -1.75. The van der Waals surface area contributed by atoms with E-state index in [0.29, 0.717) is 25.0 Å². The van der Waals surface area contributed by atoms with E-state index in [1.54, 1.807) is 25.1 Å². The zero-order valence-corrected chi connectivity index (χ0v) is 27.7. The summed E-state index contributed by atoms with van der Waals surface area (Å²) >= 11 is 0. The smallest absolute Gasteiger partial charge is 0.493 e. The first-order chi connectivity index (χ1) is 23.7. The molecule has 0 spiro atoms. The summed E-state index contributed by atoms with van der Waals surface area (Å²) < 4.78 is 56.0. The van der Waals surface area contributed by atoms with Crippen molar-refractivity contribution in [1.82, 2.24) is 10.2 Å². The number of aromatic nitrogens is 2. The Hall–Kier alpha value is -5.51. The number of furan rings is 1. The molecule has 0 saturated carbocycles. The summed E-state index contributed by atoms with van der Waals surface area (Å²) in [6.07, 6.45) is 3.09. The monoisotopic (exact) mass is 681 g/mol. The minimum atomic E-state index is -4.75. The Labute approximate surface area is 282 Å². The second-order valence-electron chi connectivity index (χ2n) is 11.0. The van der Waals surface area contributed by atoms with Gasteiger partial charge in [0.15, 0.2) is 17.3 Å². The van der Waals surface area contributed by atoms with Gasteiger partial charge in [-0.25, -0.2) is 19.3 Å². The van der Waals surface area contributed by atoms with Crippen LogP contribution in [0, 0.1) is 5.82 Å². The fourth-order valence-electron chi connectivity index (χ4n) is 5.47. The number of carbonyl (C=O) groups excluding carboxylic acids is 1. The van der Waals surface area contributed by atoms with Crippen LogP contribution in [-0.4, -0.2) is 22.8 Å². The molecule has 0 radical (unpaired) electrons. The highest BCUT2D eigenvalue weighted by Crippen LogP contribution is 2.45. The highest BCUT2D eigenvalue weighted by atomic mass is 31.2. The van der Waals surface area contributed by atoms with Crippen LogP contribution in [0.5, 0.6) is 11.5 Å². The topological polar surface area (TPSA) is 140 Å². The summed E-state index contributed by atoms with van der Waals surface area (Å²) in [5, 5.41) is 7.89. The molecular formula is C37H33FN3O7P. The van der Waals surface area contributed by atoms with Crippen molar-refractivity contribution in [2.24, 2.45) is 5.50 Å². The van der Waals surface area contributed by atoms with Crippen molar-refractivity contribution >= 4 is 13.7 Å². The Balaban J connectivity index is 1.32. The zero-order valence-electron chi connectivity index (χ0n) is 26.8. The van der Waals surface area contributed by atoms with Gasteiger partial charge in [-0.2, -0.15) is 0 Å². The lowest BCUT2D eigenvalue weighted by Gasteiger charge is -2.23. The van der Waals surface area contributed by atoms with Gasteiger partial charge >= 0.3 is 13.7 Å². The third kappa shape index (κ3) is 7.80. The number of hydrogen-bond donors (Lipinski definition) is 1. The first-order valence-corrected chi connectivity index (χ1v) is 17.2. The van der Waals surface area contributed by atoms with E-state index < -0.39 is 25.3 Å². The molecular weight excluding hydrogens is 648 g/mol. The van der Waals surface area contributed by atoms with Crippen molar-refractivity contribution in [2.45, 2.75) is 33.1 Å². The van der Waals surface area contributed by atoms with Crippen molar-refractivity contribution in [2.75, 3.05) is 6.61 Å². The molecule has 1 unspecified atom stereocenters. The number of rotatable bonds is 13. The average molecular weight is 682 g/mol. The van der Waals surface area contributed by atoms with Crippen molar-refractivity contribution in [3.05, 3.63) is 143 Å². The van der Waals surface area contributed by atoms with Gasteiger partial charge in [0.2, 0.25) is 5.89 Å². The highest BCUT2D eigenvalue weighted by molar-refractivity contribution is 7.52. The molecule has 0 aliphatic rings. The van der Waals surface area contributed by atoms with Crippen LogP contribution in [0.3, 0.4) is 0 Å². The van der Waals surface area contributed by atoms with Crippen LogP contribution in [0.2, 0.25) is 0 Å². The Kier molecular flexibility index (Phi) is 10.0. The predicted octanol–water partition coefficient (Wildman–Crippen LogP) is 8.58. The van der Waals surface area contributed by atoms with Gasteiger partial charge in [-0.05, 0) is 78.4 Å². The largest absolute Gasteiger partial charge is 0.512 e. The number of halogens is 1. The summed E-state index contributed by atoms with van der Waals surface area (Å²) in [7, 11) is -4.75. The fourth-order valence-corrected chi connectivity index (χ4v) is 6.25. The van der Waals surface area contributed by atoms with Gasteiger partial charge in [0.1, 0.15) is 11.3 Å². The second-order valence-corrected chi connectivity index (χ2v) is 12.5. The third-order valence-electron chi connectivity index (χ3n) is 7.70. The van der Waals surface area contributed by atoms with Crippen molar-refractivity contribution in [3.8, 4) is 34.6 Å². The first-order valence-electron chi connectivity index (χ1n) is 15.6. The highest BCUT2D eigenvalue weighted by Gasteiger charge is 2.32. The summed E-state index contributed by atoms with van der Waals surface area (Å²) in [5.41, 5.74) is 11.0. The molecule has 250 valence electrons. The van der Waals surface area contributed by atoms with Crippen LogP contribution in [-0.2, 0) is 28.4 Å². The van der Waals surface area contributed by atoms with Gasteiger partial charge in [-0.3, -0.25) is 0 Å². The van der Waals surface area contributed by atoms with Crippen LogP contribution in [0.1, 0.15) is 52.0 Å². The van der Waals surface area contributed by atoms with Crippen LogP contribution in [0.4, 0.5) is 4.39 Å². The number of nitrogens with two attached hydrogens (primary N) is 1. The quantitative estimate of drug-likeness (QED) is 0.118. The standard InChI is InChI=1S/C37H33FN3O7P/c1-3-26-22-30(34(44-4-2)29(21-25-14-9-6-10-15-25)28(26)20-24-12-7-5-8-13-24)37(42)48-49(39,43)47-33-23-27(17-18-31(33)38)35-40-41-36(46-35)32-16-11-19-45-32/h5-19,22-23H,3-4,20-21H2,1-2H3,(H2,39,43). The molecule has 0 amide bonds. The Bertz CT molecular complexity index is 2100. The van der Waals surface area contributed by atoms with E-state index >= 15 is 0 Å². The van der Waals surface area contributed by atoms with E-state index in [-0.39, 0.29) is 35.3 Å². The van der Waals surface area contributed by atoms with Crippen molar-refractivity contribution in [1.29, 1.82) is 0 Å². The van der Waals surface area contributed by atoms with E-state index in [0.717, 1.165) is 33.9 Å². The molecule has 6 rings (SSSR count). The van der Waals surface area contributed by atoms with E-state index in [9.17, 15) is 13.8 Å². The van der Waals surface area contributed by atoms with Gasteiger partial charge in [-0.15, -0.1) is 10.2 Å². The van der Waals surface area contributed by atoms with Crippen molar-refractivity contribution in [3.63, 3.8) is 0 Å². The van der Waals surface area contributed by atoms with Gasteiger partial charge < -0.3 is 22.6 Å². The van der Waals surface area contributed by atoms with E-state index in [4.69, 9.17) is 28.1 Å². The predicted molar refractivity (Wildman–Crippen MR) is 181 cm³/mol. The number of ether oxygens (including phenoxy) is 1. The van der Waals surface area contributed by atoms with Gasteiger partial charge in [0, 0.05) is 17.5 Å². The maximum atomic E-state index is 14.9. The molecule has 12 heteroatoms. The molecule has 49 heavy (non-hydrogen) atoms. The van der Waals surface area contributed by atoms with Gasteiger partial charge in [0.05, 0.1) is 12.9 Å². The normalized spacial score (nSPS) is 12.3. The van der Waals surface area contributed by atoms with Gasteiger partial charge in [0.25, 0.3) is 5.89 Å². The lowest BCUT2D eigenvalue weighted by atomic mass is 9.87. The summed E-state index contributed by atoms with van der Waals surface area (Å²) in [6.45, 7) is 4.03. The molecule has 2 aromatic heterocycles. The maximum absolute atomic E-state index is 14.9. The van der Waals surface area contributed by atoms with Crippen molar-refractivity contribution < 1.29 is 36.4 Å². The Morgan fingerprint density at radius 1 is 0.857 bits per heavy atom. The Morgan fingerprint density at radius 2 is 1.53 bits per heavy atom. The van der Waals surface area contributed by atoms with Crippen LogP contribution >= 0.6 is 7.75 Å². The summed E-state index contributed by atoms with van der Waals surface area (Å²) in [6, 6.07) is 28.3. The molecule has 0 bridgehead atoms. The number of benzene rings is 4. The molecule has 10 nitrogen and oxygen atoms in total.